The number of aromatic nitrogens is 4. The first-order valence-corrected chi connectivity index (χ1v) is 13.6. The maximum atomic E-state index is 13.6. The Morgan fingerprint density at radius 2 is 1.76 bits per heavy atom. The first-order chi connectivity index (χ1) is 20.4. The second-order valence-electron chi connectivity index (χ2n) is 10.3. The standard InChI is InChI=1S/C31H30N6O5/c1-19-28(21-17-32-36(2)18-21)35-37(22-11-7-4-8-12-22)29(19)34-31(40)33-25-16-23(15-24(25)20-9-5-3-6-10-20)41-27-14-13-26(42-27)30(38)39/h3-14,17-18,23-25H,15-16H2,1-2H3,(H,38,39)(H2,33,34,40)/t23-,24-,25+/m0/s1. The second kappa shape index (κ2) is 11.3. The highest BCUT2D eigenvalue weighted by Crippen LogP contribution is 2.38. The number of nitrogens with one attached hydrogen (secondary N) is 2. The number of anilines is 1. The van der Waals surface area contributed by atoms with Crippen LogP contribution in [0.2, 0.25) is 0 Å². The Morgan fingerprint density at radius 3 is 2.43 bits per heavy atom. The Hall–Kier alpha value is -5.32. The van der Waals surface area contributed by atoms with Crippen molar-refractivity contribution in [3.05, 3.63) is 102 Å². The Labute approximate surface area is 241 Å². The molecular formula is C31H30N6O5. The number of para-hydroxylation sites is 1. The molecule has 3 heterocycles. The monoisotopic (exact) mass is 566 g/mol. The quantitative estimate of drug-likeness (QED) is 0.229. The fourth-order valence-electron chi connectivity index (χ4n) is 5.51. The maximum absolute atomic E-state index is 13.6. The van der Waals surface area contributed by atoms with E-state index in [1.165, 1.54) is 12.1 Å². The van der Waals surface area contributed by atoms with E-state index in [0.29, 0.717) is 18.7 Å². The van der Waals surface area contributed by atoms with Gasteiger partial charge < -0.3 is 19.6 Å². The van der Waals surface area contributed by atoms with Gasteiger partial charge in [0.15, 0.2) is 0 Å². The van der Waals surface area contributed by atoms with Gasteiger partial charge in [0, 0.05) is 48.8 Å². The molecule has 42 heavy (non-hydrogen) atoms. The van der Waals surface area contributed by atoms with E-state index < -0.39 is 5.97 Å². The molecule has 1 aliphatic rings. The summed E-state index contributed by atoms with van der Waals surface area (Å²) in [5.74, 6) is -0.683. The Morgan fingerprint density at radius 1 is 1.02 bits per heavy atom. The largest absolute Gasteiger partial charge is 0.475 e. The van der Waals surface area contributed by atoms with Crippen molar-refractivity contribution in [3.63, 3.8) is 0 Å². The molecule has 2 aromatic carbocycles. The number of hydrogen-bond acceptors (Lipinski definition) is 6. The Bertz CT molecular complexity index is 1710. The first kappa shape index (κ1) is 26.9. The van der Waals surface area contributed by atoms with Crippen LogP contribution >= 0.6 is 0 Å². The Balaban J connectivity index is 1.25. The zero-order valence-electron chi connectivity index (χ0n) is 23.1. The number of hydrogen-bond donors (Lipinski definition) is 3. The van der Waals surface area contributed by atoms with Crippen LogP contribution in [0.15, 0.2) is 89.6 Å². The summed E-state index contributed by atoms with van der Waals surface area (Å²) in [7, 11) is 1.85. The van der Waals surface area contributed by atoms with Crippen LogP contribution in [-0.2, 0) is 7.05 Å². The van der Waals surface area contributed by atoms with Crippen LogP contribution in [-0.4, -0.2) is 48.8 Å². The fraction of sp³-hybridized carbons (Fsp3) is 0.226. The smallest absolute Gasteiger partial charge is 0.371 e. The summed E-state index contributed by atoms with van der Waals surface area (Å²) in [6.07, 6.45) is 4.46. The van der Waals surface area contributed by atoms with Gasteiger partial charge in [-0.1, -0.05) is 48.5 Å². The molecule has 214 valence electrons. The molecule has 1 saturated carbocycles. The molecule has 0 aliphatic heterocycles. The topological polar surface area (TPSA) is 136 Å². The molecule has 1 fully saturated rings. The van der Waals surface area contributed by atoms with Crippen molar-refractivity contribution in [3.8, 4) is 22.9 Å². The van der Waals surface area contributed by atoms with E-state index in [2.05, 4.69) is 15.7 Å². The molecule has 0 saturated heterocycles. The van der Waals surface area contributed by atoms with E-state index in [0.717, 1.165) is 28.1 Å². The summed E-state index contributed by atoms with van der Waals surface area (Å²) in [6, 6.07) is 21.8. The second-order valence-corrected chi connectivity index (χ2v) is 10.3. The van der Waals surface area contributed by atoms with Crippen LogP contribution in [0.3, 0.4) is 0 Å². The van der Waals surface area contributed by atoms with E-state index in [1.54, 1.807) is 15.6 Å². The van der Waals surface area contributed by atoms with E-state index in [1.807, 2.05) is 80.8 Å². The lowest BCUT2D eigenvalue weighted by Gasteiger charge is -2.21. The minimum atomic E-state index is -1.16. The van der Waals surface area contributed by atoms with Crippen molar-refractivity contribution < 1.29 is 23.8 Å². The van der Waals surface area contributed by atoms with Crippen molar-refractivity contribution in [2.45, 2.75) is 37.8 Å². The predicted molar refractivity (Wildman–Crippen MR) is 155 cm³/mol. The number of carboxylic acid groups (broad SMARTS) is 1. The van der Waals surface area contributed by atoms with E-state index in [-0.39, 0.29) is 35.8 Å². The van der Waals surface area contributed by atoms with Crippen LogP contribution < -0.4 is 15.4 Å². The van der Waals surface area contributed by atoms with Gasteiger partial charge >= 0.3 is 12.0 Å². The molecule has 3 atom stereocenters. The minimum Gasteiger partial charge on any atom is -0.475 e. The lowest BCUT2D eigenvalue weighted by atomic mass is 9.94. The third kappa shape index (κ3) is 5.49. The average Bonchev–Trinajstić information content (AvgIpc) is 3.78. The van der Waals surface area contributed by atoms with Crippen molar-refractivity contribution in [1.29, 1.82) is 0 Å². The highest BCUT2D eigenvalue weighted by atomic mass is 16.6. The number of carboxylic acids is 1. The molecule has 0 unspecified atom stereocenters. The molecule has 3 N–H and O–H groups in total. The molecule has 0 bridgehead atoms. The number of benzene rings is 2. The van der Waals surface area contributed by atoms with Crippen molar-refractivity contribution in [1.82, 2.24) is 24.9 Å². The number of amides is 2. The molecule has 0 radical (unpaired) electrons. The van der Waals surface area contributed by atoms with E-state index in [9.17, 15) is 14.7 Å². The highest BCUT2D eigenvalue weighted by molar-refractivity contribution is 5.91. The molecule has 1 aliphatic carbocycles. The molecule has 5 aromatic rings. The molecule has 11 nitrogen and oxygen atoms in total. The van der Waals surface area contributed by atoms with Crippen molar-refractivity contribution in [2.24, 2.45) is 7.05 Å². The molecule has 2 amide bonds. The predicted octanol–water partition coefficient (Wildman–Crippen LogP) is 5.39. The Kier molecular flexibility index (Phi) is 7.22. The molecule has 11 heteroatoms. The summed E-state index contributed by atoms with van der Waals surface area (Å²) in [4.78, 5) is 24.8. The number of urea groups is 1. The molecule has 0 spiro atoms. The van der Waals surface area contributed by atoms with Crippen molar-refractivity contribution in [2.75, 3.05) is 5.32 Å². The maximum Gasteiger partial charge on any atom is 0.371 e. The average molecular weight is 567 g/mol. The van der Waals surface area contributed by atoms with Crippen LogP contribution in [0, 0.1) is 6.92 Å². The SMILES string of the molecule is Cc1c(-c2cnn(C)c2)nn(-c2ccccc2)c1NC(=O)N[C@@H]1C[C@@H](Oc2ccc(C(=O)O)o2)C[C@H]1c1ccccc1. The minimum absolute atomic E-state index is 0.0260. The first-order valence-electron chi connectivity index (χ1n) is 13.6. The number of furan rings is 1. The molecular weight excluding hydrogens is 536 g/mol. The van der Waals surface area contributed by atoms with Crippen LogP contribution in [0.5, 0.6) is 5.95 Å². The van der Waals surface area contributed by atoms with Gasteiger partial charge in [-0.05, 0) is 37.1 Å². The number of carbonyl (C=O) groups excluding carboxylic acids is 1. The summed E-state index contributed by atoms with van der Waals surface area (Å²) >= 11 is 0. The zero-order chi connectivity index (χ0) is 29.2. The van der Waals surface area contributed by atoms with Gasteiger partial charge in [-0.3, -0.25) is 10.00 Å². The molecule has 3 aromatic heterocycles. The van der Waals surface area contributed by atoms with Gasteiger partial charge in [-0.25, -0.2) is 14.3 Å². The normalized spacial score (nSPS) is 18.1. The number of ether oxygens (including phenoxy) is 1. The fourth-order valence-corrected chi connectivity index (χ4v) is 5.51. The lowest BCUT2D eigenvalue weighted by molar-refractivity contribution is 0.0645. The zero-order valence-corrected chi connectivity index (χ0v) is 23.1. The van der Waals surface area contributed by atoms with Gasteiger partial charge in [0.2, 0.25) is 5.76 Å². The van der Waals surface area contributed by atoms with E-state index in [4.69, 9.17) is 14.3 Å². The third-order valence-electron chi connectivity index (χ3n) is 7.47. The van der Waals surface area contributed by atoms with Gasteiger partial charge in [-0.2, -0.15) is 10.2 Å². The number of carbonyl (C=O) groups is 2. The molecule has 6 rings (SSSR count). The van der Waals surface area contributed by atoms with E-state index >= 15 is 0 Å². The van der Waals surface area contributed by atoms with Gasteiger partial charge in [-0.15, -0.1) is 0 Å². The summed E-state index contributed by atoms with van der Waals surface area (Å²) in [5, 5.41) is 24.5. The highest BCUT2D eigenvalue weighted by Gasteiger charge is 2.38. The van der Waals surface area contributed by atoms with Crippen LogP contribution in [0.25, 0.3) is 16.9 Å². The number of rotatable bonds is 8. The van der Waals surface area contributed by atoms with Gasteiger partial charge in [0.25, 0.3) is 5.95 Å². The van der Waals surface area contributed by atoms with Crippen molar-refractivity contribution >= 4 is 17.8 Å². The van der Waals surface area contributed by atoms with Crippen LogP contribution in [0.4, 0.5) is 10.6 Å². The lowest BCUT2D eigenvalue weighted by Crippen LogP contribution is -2.40. The van der Waals surface area contributed by atoms with Crippen LogP contribution in [0.1, 0.15) is 40.4 Å². The third-order valence-corrected chi connectivity index (χ3v) is 7.47. The summed E-state index contributed by atoms with van der Waals surface area (Å²) in [6.45, 7) is 1.92. The summed E-state index contributed by atoms with van der Waals surface area (Å²) < 4.78 is 14.8. The number of aromatic carboxylic acids is 1. The van der Waals surface area contributed by atoms with Gasteiger partial charge in [0.05, 0.1) is 11.9 Å². The number of aryl methyl sites for hydroxylation is 1. The number of nitrogens with zero attached hydrogens (tertiary/aromatic N) is 4. The summed E-state index contributed by atoms with van der Waals surface area (Å²) in [5.41, 5.74) is 4.25. The van der Waals surface area contributed by atoms with Gasteiger partial charge in [0.1, 0.15) is 17.6 Å².